The van der Waals surface area contributed by atoms with Gasteiger partial charge in [-0.2, -0.15) is 13.2 Å². The summed E-state index contributed by atoms with van der Waals surface area (Å²) in [4.78, 5) is 15.2. The minimum atomic E-state index is -4.51. The van der Waals surface area contributed by atoms with Crippen molar-refractivity contribution in [3.05, 3.63) is 56.9 Å². The minimum Gasteiger partial charge on any atom is -0.370 e. The molecule has 1 aliphatic heterocycles. The number of benzene rings is 2. The lowest BCUT2D eigenvalue weighted by atomic mass is 10.1. The van der Waals surface area contributed by atoms with Crippen molar-refractivity contribution in [3.63, 3.8) is 0 Å². The van der Waals surface area contributed by atoms with Crippen LogP contribution in [0, 0.1) is 0 Å². The van der Waals surface area contributed by atoms with Gasteiger partial charge in [0.05, 0.1) is 22.0 Å². The summed E-state index contributed by atoms with van der Waals surface area (Å²) in [7, 11) is 0. The van der Waals surface area contributed by atoms with Crippen LogP contribution in [0.4, 0.5) is 24.5 Å². The molecule has 0 atom stereocenters. The van der Waals surface area contributed by atoms with Crippen LogP contribution < -0.4 is 10.2 Å². The molecule has 4 rings (SSSR count). The fourth-order valence-electron chi connectivity index (χ4n) is 3.59. The van der Waals surface area contributed by atoms with Gasteiger partial charge in [-0.1, -0.05) is 29.3 Å². The van der Waals surface area contributed by atoms with Crippen molar-refractivity contribution >= 4 is 61.9 Å². The zero-order valence-electron chi connectivity index (χ0n) is 15.7. The summed E-state index contributed by atoms with van der Waals surface area (Å²) >= 11 is 13.5. The van der Waals surface area contributed by atoms with Crippen LogP contribution in [0.5, 0.6) is 0 Å². The molecule has 1 aliphatic rings. The zero-order valence-corrected chi connectivity index (χ0v) is 18.0. The fourth-order valence-corrected chi connectivity index (χ4v) is 5.28. The Hall–Kier alpha value is -1.96. The van der Waals surface area contributed by atoms with E-state index in [2.05, 4.69) is 5.32 Å². The minimum absolute atomic E-state index is 0.128. The first kappa shape index (κ1) is 21.3. The van der Waals surface area contributed by atoms with E-state index < -0.39 is 17.6 Å². The van der Waals surface area contributed by atoms with E-state index in [1.165, 1.54) is 6.07 Å². The Morgan fingerprint density at radius 3 is 2.47 bits per heavy atom. The summed E-state index contributed by atoms with van der Waals surface area (Å²) in [6, 6.07) is 8.56. The number of fused-ring (bicyclic) bond motifs is 1. The van der Waals surface area contributed by atoms with Crippen molar-refractivity contribution in [1.82, 2.24) is 0 Å². The molecule has 158 valence electrons. The van der Waals surface area contributed by atoms with Gasteiger partial charge in [-0.3, -0.25) is 4.79 Å². The second kappa shape index (κ2) is 8.29. The van der Waals surface area contributed by atoms with E-state index >= 15 is 0 Å². The Morgan fingerprint density at radius 1 is 1.03 bits per heavy atom. The maximum absolute atomic E-state index is 13.3. The molecule has 1 N–H and O–H groups in total. The van der Waals surface area contributed by atoms with Gasteiger partial charge in [0.2, 0.25) is 0 Å². The van der Waals surface area contributed by atoms with Crippen molar-refractivity contribution in [1.29, 1.82) is 0 Å². The second-order valence-corrected chi connectivity index (χ2v) is 8.98. The van der Waals surface area contributed by atoms with Gasteiger partial charge >= 0.3 is 6.18 Å². The van der Waals surface area contributed by atoms with Gasteiger partial charge in [0.15, 0.2) is 0 Å². The number of nitrogens with zero attached hydrogens (tertiary/aromatic N) is 1. The standard InChI is InChI=1S/C21H17Cl2F3N2OS/c22-13-5-6-14-17(11-13)30-19(18(14)23)20(29)27-15-10-12(21(24,25)26)4-7-16(15)28-8-2-1-3-9-28/h4-7,10-11H,1-3,8-9H2,(H,27,29). The van der Waals surface area contributed by atoms with E-state index in [1.807, 2.05) is 4.90 Å². The number of carbonyl (C=O) groups excluding carboxylic acids is 1. The Balaban J connectivity index is 1.71. The molecule has 9 heteroatoms. The number of anilines is 2. The number of alkyl halides is 3. The van der Waals surface area contributed by atoms with Crippen molar-refractivity contribution < 1.29 is 18.0 Å². The summed E-state index contributed by atoms with van der Waals surface area (Å²) in [5.74, 6) is -0.546. The molecule has 1 saturated heterocycles. The van der Waals surface area contributed by atoms with E-state index in [9.17, 15) is 18.0 Å². The monoisotopic (exact) mass is 472 g/mol. The normalized spacial score (nSPS) is 14.9. The highest BCUT2D eigenvalue weighted by Crippen LogP contribution is 2.39. The molecular formula is C21H17Cl2F3N2OS. The third-order valence-electron chi connectivity index (χ3n) is 5.07. The van der Waals surface area contributed by atoms with Crippen molar-refractivity contribution in [2.45, 2.75) is 25.4 Å². The third-order valence-corrected chi connectivity index (χ3v) is 6.96. The predicted octanol–water partition coefficient (Wildman–Crippen LogP) is 7.47. The molecule has 0 spiro atoms. The van der Waals surface area contributed by atoms with Gasteiger partial charge in [-0.05, 0) is 49.6 Å². The first-order chi connectivity index (χ1) is 14.2. The molecular weight excluding hydrogens is 456 g/mol. The first-order valence-corrected chi connectivity index (χ1v) is 11.0. The van der Waals surface area contributed by atoms with Crippen molar-refractivity contribution in [2.75, 3.05) is 23.3 Å². The van der Waals surface area contributed by atoms with E-state index in [0.717, 1.165) is 60.5 Å². The number of amides is 1. The zero-order chi connectivity index (χ0) is 21.5. The molecule has 3 nitrogen and oxygen atoms in total. The summed E-state index contributed by atoms with van der Waals surface area (Å²) in [5, 5.41) is 4.11. The van der Waals surface area contributed by atoms with Crippen LogP contribution >= 0.6 is 34.5 Å². The smallest absolute Gasteiger partial charge is 0.370 e. The summed E-state index contributed by atoms with van der Waals surface area (Å²) < 4.78 is 40.6. The maximum atomic E-state index is 13.3. The molecule has 3 aromatic rings. The van der Waals surface area contributed by atoms with Gasteiger partial charge in [0, 0.05) is 28.2 Å². The Labute approximate surface area is 185 Å². The van der Waals surface area contributed by atoms with Crippen LogP contribution in [0.2, 0.25) is 10.0 Å². The van der Waals surface area contributed by atoms with E-state index in [0.29, 0.717) is 16.1 Å². The van der Waals surface area contributed by atoms with Gasteiger partial charge in [0.25, 0.3) is 5.91 Å². The van der Waals surface area contributed by atoms with Crippen molar-refractivity contribution in [2.24, 2.45) is 0 Å². The van der Waals surface area contributed by atoms with E-state index in [-0.39, 0.29) is 15.6 Å². The second-order valence-electron chi connectivity index (χ2n) is 7.12. The van der Waals surface area contributed by atoms with Gasteiger partial charge in [0.1, 0.15) is 4.88 Å². The number of hydrogen-bond donors (Lipinski definition) is 1. The lowest BCUT2D eigenvalue weighted by molar-refractivity contribution is -0.137. The molecule has 0 saturated carbocycles. The Bertz CT molecular complexity index is 1110. The molecule has 30 heavy (non-hydrogen) atoms. The van der Waals surface area contributed by atoms with Crippen LogP contribution in [-0.2, 0) is 6.18 Å². The Morgan fingerprint density at radius 2 is 1.77 bits per heavy atom. The molecule has 1 aromatic heterocycles. The number of hydrogen-bond acceptors (Lipinski definition) is 3. The molecule has 2 heterocycles. The fraction of sp³-hybridized carbons (Fsp3) is 0.286. The van der Waals surface area contributed by atoms with Crippen LogP contribution in [-0.4, -0.2) is 19.0 Å². The molecule has 0 bridgehead atoms. The van der Waals surface area contributed by atoms with Crippen LogP contribution in [0.3, 0.4) is 0 Å². The number of halogens is 5. The average molecular weight is 473 g/mol. The average Bonchev–Trinajstić information content (AvgIpc) is 3.03. The topological polar surface area (TPSA) is 32.3 Å². The first-order valence-electron chi connectivity index (χ1n) is 9.39. The van der Waals surface area contributed by atoms with E-state index in [1.54, 1.807) is 18.2 Å². The number of carbonyl (C=O) groups is 1. The molecule has 2 aromatic carbocycles. The number of piperidine rings is 1. The molecule has 0 aliphatic carbocycles. The highest BCUT2D eigenvalue weighted by Gasteiger charge is 2.32. The van der Waals surface area contributed by atoms with Crippen LogP contribution in [0.15, 0.2) is 36.4 Å². The van der Waals surface area contributed by atoms with Gasteiger partial charge in [-0.25, -0.2) is 0 Å². The quantitative estimate of drug-likeness (QED) is 0.428. The highest BCUT2D eigenvalue weighted by atomic mass is 35.5. The van der Waals surface area contributed by atoms with Crippen molar-refractivity contribution in [3.8, 4) is 0 Å². The number of nitrogens with one attached hydrogen (secondary N) is 1. The largest absolute Gasteiger partial charge is 0.416 e. The SMILES string of the molecule is O=C(Nc1cc(C(F)(F)F)ccc1N1CCCCC1)c1sc2cc(Cl)ccc2c1Cl. The maximum Gasteiger partial charge on any atom is 0.416 e. The van der Waals surface area contributed by atoms with Gasteiger partial charge in [-0.15, -0.1) is 11.3 Å². The molecule has 0 unspecified atom stereocenters. The number of thiophene rings is 1. The third kappa shape index (κ3) is 4.24. The van der Waals surface area contributed by atoms with Crippen LogP contribution in [0.1, 0.15) is 34.5 Å². The lowest BCUT2D eigenvalue weighted by Crippen LogP contribution is -2.30. The van der Waals surface area contributed by atoms with Gasteiger partial charge < -0.3 is 10.2 Å². The summed E-state index contributed by atoms with van der Waals surface area (Å²) in [5.41, 5.74) is -0.104. The number of rotatable bonds is 3. The summed E-state index contributed by atoms with van der Waals surface area (Å²) in [6.07, 6.45) is -1.51. The lowest BCUT2D eigenvalue weighted by Gasteiger charge is -2.31. The van der Waals surface area contributed by atoms with Crippen LogP contribution in [0.25, 0.3) is 10.1 Å². The molecule has 0 radical (unpaired) electrons. The Kier molecular flexibility index (Phi) is 5.88. The van der Waals surface area contributed by atoms with E-state index in [4.69, 9.17) is 23.2 Å². The highest BCUT2D eigenvalue weighted by molar-refractivity contribution is 7.21. The predicted molar refractivity (Wildman–Crippen MR) is 117 cm³/mol. The summed E-state index contributed by atoms with van der Waals surface area (Å²) in [6.45, 7) is 1.47. The molecule has 1 amide bonds. The molecule has 1 fully saturated rings.